The molecule has 2 atom stereocenters. The smallest absolute Gasteiger partial charge is 0.259 e. The molecule has 0 aromatic heterocycles. The van der Waals surface area contributed by atoms with Crippen LogP contribution in [0.4, 0.5) is 0 Å². The van der Waals surface area contributed by atoms with Crippen molar-refractivity contribution in [3.05, 3.63) is 29.8 Å². The van der Waals surface area contributed by atoms with Crippen molar-refractivity contribution in [1.82, 2.24) is 15.5 Å². The quantitative estimate of drug-likeness (QED) is 0.840. The van der Waals surface area contributed by atoms with Crippen molar-refractivity contribution >= 4 is 11.8 Å². The molecule has 1 saturated carbocycles. The SMILES string of the molecule is CN(C)C(=O)COc1ccccc1C(=O)NC1C2CCNCCC21. The Bertz CT molecular complexity index is 605. The molecule has 24 heavy (non-hydrogen) atoms. The molecule has 1 aromatic rings. The fourth-order valence-electron chi connectivity index (χ4n) is 3.39. The number of carbonyl (C=O) groups excluding carboxylic acids is 2. The Morgan fingerprint density at radius 3 is 2.54 bits per heavy atom. The van der Waals surface area contributed by atoms with Gasteiger partial charge < -0.3 is 20.3 Å². The highest BCUT2D eigenvalue weighted by molar-refractivity contribution is 5.97. The molecule has 0 bridgehead atoms. The highest BCUT2D eigenvalue weighted by atomic mass is 16.5. The predicted molar refractivity (Wildman–Crippen MR) is 91.0 cm³/mol. The number of nitrogens with zero attached hydrogens (tertiary/aromatic N) is 1. The van der Waals surface area contributed by atoms with Crippen molar-refractivity contribution in [2.24, 2.45) is 11.8 Å². The summed E-state index contributed by atoms with van der Waals surface area (Å²) in [6.45, 7) is 1.98. The van der Waals surface area contributed by atoms with E-state index < -0.39 is 0 Å². The van der Waals surface area contributed by atoms with Crippen molar-refractivity contribution in [3.63, 3.8) is 0 Å². The average Bonchev–Trinajstić information content (AvgIpc) is 3.28. The van der Waals surface area contributed by atoms with Crippen molar-refractivity contribution < 1.29 is 14.3 Å². The molecule has 130 valence electrons. The zero-order valence-corrected chi connectivity index (χ0v) is 14.2. The zero-order chi connectivity index (χ0) is 17.1. The number of likely N-dealkylation sites (N-methyl/N-ethyl adjacent to an activating group) is 1. The van der Waals surface area contributed by atoms with Gasteiger partial charge in [0, 0.05) is 20.1 Å². The molecule has 6 heteroatoms. The first-order valence-electron chi connectivity index (χ1n) is 8.51. The van der Waals surface area contributed by atoms with E-state index in [1.807, 2.05) is 6.07 Å². The molecule has 2 unspecified atom stereocenters. The summed E-state index contributed by atoms with van der Waals surface area (Å²) in [4.78, 5) is 25.8. The van der Waals surface area contributed by atoms with Gasteiger partial charge >= 0.3 is 0 Å². The second kappa shape index (κ2) is 7.21. The minimum absolute atomic E-state index is 0.0718. The fourth-order valence-corrected chi connectivity index (χ4v) is 3.39. The molecular formula is C18H25N3O3. The van der Waals surface area contributed by atoms with Gasteiger partial charge in [0.2, 0.25) is 0 Å². The molecule has 1 heterocycles. The summed E-state index contributed by atoms with van der Waals surface area (Å²) >= 11 is 0. The average molecular weight is 331 g/mol. The minimum Gasteiger partial charge on any atom is -0.483 e. The van der Waals surface area contributed by atoms with E-state index in [4.69, 9.17) is 4.74 Å². The topological polar surface area (TPSA) is 70.7 Å². The van der Waals surface area contributed by atoms with E-state index in [-0.39, 0.29) is 24.5 Å². The van der Waals surface area contributed by atoms with Crippen LogP contribution in [0.5, 0.6) is 5.75 Å². The van der Waals surface area contributed by atoms with Crippen LogP contribution >= 0.6 is 0 Å². The maximum absolute atomic E-state index is 12.6. The highest BCUT2D eigenvalue weighted by Crippen LogP contribution is 2.45. The van der Waals surface area contributed by atoms with Gasteiger partial charge in [-0.05, 0) is 49.9 Å². The van der Waals surface area contributed by atoms with Crippen LogP contribution < -0.4 is 15.4 Å². The Labute approximate surface area is 142 Å². The van der Waals surface area contributed by atoms with E-state index in [2.05, 4.69) is 10.6 Å². The third kappa shape index (κ3) is 3.70. The van der Waals surface area contributed by atoms with Crippen molar-refractivity contribution in [1.29, 1.82) is 0 Å². The number of carbonyl (C=O) groups is 2. The molecule has 1 aliphatic carbocycles. The van der Waals surface area contributed by atoms with Gasteiger partial charge in [0.1, 0.15) is 5.75 Å². The minimum atomic E-state index is -0.137. The second-order valence-electron chi connectivity index (χ2n) is 6.73. The van der Waals surface area contributed by atoms with Crippen LogP contribution in [0.3, 0.4) is 0 Å². The lowest BCUT2D eigenvalue weighted by atomic mass is 10.2. The molecule has 0 radical (unpaired) electrons. The predicted octanol–water partition coefficient (Wildman–Crippen LogP) is 0.881. The lowest BCUT2D eigenvalue weighted by Crippen LogP contribution is -2.31. The number of benzene rings is 1. The molecule has 2 N–H and O–H groups in total. The van der Waals surface area contributed by atoms with Crippen molar-refractivity contribution in [2.45, 2.75) is 18.9 Å². The standard InChI is InChI=1S/C18H25N3O3/c1-21(2)16(22)11-24-15-6-4-3-5-14(15)18(23)20-17-12-7-9-19-10-8-13(12)17/h3-6,12-13,17,19H,7-11H2,1-2H3,(H,20,23). The number of para-hydroxylation sites is 1. The van der Waals surface area contributed by atoms with Gasteiger partial charge in [0.05, 0.1) is 5.56 Å². The third-order valence-corrected chi connectivity index (χ3v) is 4.92. The van der Waals surface area contributed by atoms with Gasteiger partial charge in [-0.3, -0.25) is 9.59 Å². The molecule has 6 nitrogen and oxygen atoms in total. The van der Waals surface area contributed by atoms with Gasteiger partial charge in [-0.2, -0.15) is 0 Å². The van der Waals surface area contributed by atoms with Gasteiger partial charge in [-0.25, -0.2) is 0 Å². The maximum atomic E-state index is 12.6. The first-order valence-corrected chi connectivity index (χ1v) is 8.51. The van der Waals surface area contributed by atoms with E-state index in [0.717, 1.165) is 25.9 Å². The number of hydrogen-bond donors (Lipinski definition) is 2. The summed E-state index contributed by atoms with van der Waals surface area (Å²) < 4.78 is 5.56. The molecule has 3 rings (SSSR count). The van der Waals surface area contributed by atoms with Crippen molar-refractivity contribution in [3.8, 4) is 5.75 Å². The molecular weight excluding hydrogens is 306 g/mol. The summed E-state index contributed by atoms with van der Waals surface area (Å²) in [5, 5.41) is 6.54. The van der Waals surface area contributed by atoms with Gasteiger partial charge in [0.25, 0.3) is 11.8 Å². The Morgan fingerprint density at radius 2 is 1.88 bits per heavy atom. The molecule has 1 saturated heterocycles. The number of hydrogen-bond acceptors (Lipinski definition) is 4. The number of amides is 2. The number of ether oxygens (including phenoxy) is 1. The zero-order valence-electron chi connectivity index (χ0n) is 14.2. The maximum Gasteiger partial charge on any atom is 0.259 e. The van der Waals surface area contributed by atoms with Crippen LogP contribution in [0, 0.1) is 11.8 Å². The molecule has 1 aliphatic heterocycles. The summed E-state index contributed by atoms with van der Waals surface area (Å²) in [6, 6.07) is 7.36. The number of fused-ring (bicyclic) bond motifs is 1. The van der Waals surface area contributed by atoms with Gasteiger partial charge in [-0.1, -0.05) is 12.1 Å². The van der Waals surface area contributed by atoms with Crippen LogP contribution in [-0.2, 0) is 4.79 Å². The summed E-state index contributed by atoms with van der Waals surface area (Å²) in [6.07, 6.45) is 2.23. The Hall–Kier alpha value is -2.08. The summed E-state index contributed by atoms with van der Waals surface area (Å²) in [7, 11) is 3.35. The molecule has 1 aromatic carbocycles. The molecule has 2 amide bonds. The Balaban J connectivity index is 1.62. The summed E-state index contributed by atoms with van der Waals surface area (Å²) in [5.74, 6) is 1.38. The van der Waals surface area contributed by atoms with E-state index in [9.17, 15) is 9.59 Å². The van der Waals surface area contributed by atoms with Crippen LogP contribution in [0.2, 0.25) is 0 Å². The van der Waals surface area contributed by atoms with Crippen LogP contribution in [-0.4, -0.2) is 56.5 Å². The third-order valence-electron chi connectivity index (χ3n) is 4.92. The largest absolute Gasteiger partial charge is 0.483 e. The van der Waals surface area contributed by atoms with Crippen LogP contribution in [0.25, 0.3) is 0 Å². The second-order valence-corrected chi connectivity index (χ2v) is 6.73. The van der Waals surface area contributed by atoms with Gasteiger partial charge in [-0.15, -0.1) is 0 Å². The molecule has 2 fully saturated rings. The Kier molecular flexibility index (Phi) is 5.04. The highest BCUT2D eigenvalue weighted by Gasteiger charge is 2.50. The first kappa shape index (κ1) is 16.8. The number of rotatable bonds is 5. The van der Waals surface area contributed by atoms with Crippen molar-refractivity contribution in [2.75, 3.05) is 33.8 Å². The van der Waals surface area contributed by atoms with E-state index >= 15 is 0 Å². The molecule has 0 spiro atoms. The molecule has 2 aliphatic rings. The van der Waals surface area contributed by atoms with E-state index in [1.165, 1.54) is 4.90 Å². The lowest BCUT2D eigenvalue weighted by molar-refractivity contribution is -0.130. The normalized spacial score (nSPS) is 25.2. The lowest BCUT2D eigenvalue weighted by Gasteiger charge is -2.14. The number of nitrogens with one attached hydrogen (secondary N) is 2. The monoisotopic (exact) mass is 331 g/mol. The van der Waals surface area contributed by atoms with Gasteiger partial charge in [0.15, 0.2) is 6.61 Å². The summed E-state index contributed by atoms with van der Waals surface area (Å²) in [5.41, 5.74) is 0.489. The van der Waals surface area contributed by atoms with Crippen LogP contribution in [0.15, 0.2) is 24.3 Å². The van der Waals surface area contributed by atoms with E-state index in [1.54, 1.807) is 32.3 Å². The fraction of sp³-hybridized carbons (Fsp3) is 0.556. The van der Waals surface area contributed by atoms with E-state index in [0.29, 0.717) is 23.1 Å². The van der Waals surface area contributed by atoms with Crippen LogP contribution in [0.1, 0.15) is 23.2 Å². The first-order chi connectivity index (χ1) is 11.6. The Morgan fingerprint density at radius 1 is 1.21 bits per heavy atom.